The molecule has 0 unspecified atom stereocenters. The molecule has 1 aliphatic rings. The number of nitrogens with zero attached hydrogens (tertiary/aromatic N) is 1. The highest BCUT2D eigenvalue weighted by atomic mass is 32.2. The first kappa shape index (κ1) is 20.4. The average Bonchev–Trinajstić information content (AvgIpc) is 2.97. The van der Waals surface area contributed by atoms with E-state index in [-0.39, 0.29) is 10.6 Å². The molecule has 29 heavy (non-hydrogen) atoms. The van der Waals surface area contributed by atoms with Crippen LogP contribution in [0, 0.1) is 5.82 Å². The lowest BCUT2D eigenvalue weighted by Gasteiger charge is -2.12. The molecule has 0 radical (unpaired) electrons. The lowest BCUT2D eigenvalue weighted by molar-refractivity contribution is -0.127. The number of hydrogen-bond donors (Lipinski definition) is 1. The maximum Gasteiger partial charge on any atom is 0.294 e. The lowest BCUT2D eigenvalue weighted by Crippen LogP contribution is -2.36. The van der Waals surface area contributed by atoms with Crippen LogP contribution in [0.3, 0.4) is 0 Å². The van der Waals surface area contributed by atoms with Gasteiger partial charge in [-0.2, -0.15) is 0 Å². The Morgan fingerprint density at radius 3 is 2.55 bits per heavy atom. The summed E-state index contributed by atoms with van der Waals surface area (Å²) in [7, 11) is 3.00. The number of thioether (sulfide) groups is 1. The van der Waals surface area contributed by atoms with Crippen LogP contribution in [-0.2, 0) is 9.59 Å². The van der Waals surface area contributed by atoms with Gasteiger partial charge in [0.05, 0.1) is 24.8 Å². The Morgan fingerprint density at radius 1 is 1.14 bits per heavy atom. The predicted octanol–water partition coefficient (Wildman–Crippen LogP) is 3.52. The molecule has 0 atom stereocenters. The third-order valence-electron chi connectivity index (χ3n) is 4.03. The van der Waals surface area contributed by atoms with E-state index in [1.807, 2.05) is 0 Å². The van der Waals surface area contributed by atoms with Crippen molar-refractivity contribution in [3.63, 3.8) is 0 Å². The summed E-state index contributed by atoms with van der Waals surface area (Å²) in [5.41, 5.74) is 0.606. The van der Waals surface area contributed by atoms with E-state index >= 15 is 0 Å². The highest BCUT2D eigenvalue weighted by molar-refractivity contribution is 8.18. The molecule has 2 aromatic carbocycles. The summed E-state index contributed by atoms with van der Waals surface area (Å²) < 4.78 is 24.0. The van der Waals surface area contributed by atoms with Gasteiger partial charge in [0.1, 0.15) is 12.4 Å². The van der Waals surface area contributed by atoms with E-state index in [4.69, 9.17) is 9.47 Å². The molecule has 3 amide bonds. The lowest BCUT2D eigenvalue weighted by atomic mass is 10.2. The number of hydrogen-bond acceptors (Lipinski definition) is 6. The Labute approximate surface area is 170 Å². The number of carbonyl (C=O) groups excluding carboxylic acids is 3. The van der Waals surface area contributed by atoms with Crippen molar-refractivity contribution in [2.75, 3.05) is 26.1 Å². The molecular formula is C20H17FN2O5S. The Hall–Kier alpha value is -3.33. The number of rotatable bonds is 6. The number of nitrogens with one attached hydrogen (secondary N) is 1. The van der Waals surface area contributed by atoms with Crippen LogP contribution in [0.4, 0.5) is 14.9 Å². The van der Waals surface area contributed by atoms with Crippen molar-refractivity contribution >= 4 is 40.6 Å². The maximum absolute atomic E-state index is 13.6. The standard InChI is InChI=1S/C20H17FN2O5S/c1-27-15-8-7-12(9-16(15)28-2)10-17-19(25)23(20(26)29-17)11-18(24)22-14-6-4-3-5-13(14)21/h3-10H,11H2,1-2H3,(H,22,24)/b17-10+. The number of amides is 3. The number of carbonyl (C=O) groups is 3. The molecule has 0 bridgehead atoms. The minimum Gasteiger partial charge on any atom is -0.493 e. The quantitative estimate of drug-likeness (QED) is 0.726. The van der Waals surface area contributed by atoms with Crippen LogP contribution in [-0.4, -0.2) is 42.7 Å². The highest BCUT2D eigenvalue weighted by Gasteiger charge is 2.36. The van der Waals surface area contributed by atoms with Gasteiger partial charge in [0.15, 0.2) is 11.5 Å². The normalized spacial score (nSPS) is 15.0. The zero-order chi connectivity index (χ0) is 21.0. The van der Waals surface area contributed by atoms with Gasteiger partial charge in [-0.05, 0) is 47.7 Å². The zero-order valence-corrected chi connectivity index (χ0v) is 16.4. The molecule has 0 spiro atoms. The summed E-state index contributed by atoms with van der Waals surface area (Å²) in [6.45, 7) is -0.512. The Morgan fingerprint density at radius 2 is 1.86 bits per heavy atom. The monoisotopic (exact) mass is 416 g/mol. The Balaban J connectivity index is 1.73. The summed E-state index contributed by atoms with van der Waals surface area (Å²) in [6, 6.07) is 10.7. The largest absolute Gasteiger partial charge is 0.493 e. The Kier molecular flexibility index (Phi) is 6.18. The average molecular weight is 416 g/mol. The van der Waals surface area contributed by atoms with Gasteiger partial charge in [0.25, 0.3) is 11.1 Å². The van der Waals surface area contributed by atoms with E-state index in [0.29, 0.717) is 17.1 Å². The van der Waals surface area contributed by atoms with Crippen LogP contribution in [0.1, 0.15) is 5.56 Å². The molecular weight excluding hydrogens is 399 g/mol. The van der Waals surface area contributed by atoms with Crippen LogP contribution in [0.15, 0.2) is 47.4 Å². The third kappa shape index (κ3) is 4.57. The van der Waals surface area contributed by atoms with Crippen molar-refractivity contribution in [3.8, 4) is 11.5 Å². The predicted molar refractivity (Wildman–Crippen MR) is 107 cm³/mol. The van der Waals surface area contributed by atoms with Gasteiger partial charge in [0.2, 0.25) is 5.91 Å². The fourth-order valence-corrected chi connectivity index (χ4v) is 3.46. The molecule has 0 aromatic heterocycles. The number of methoxy groups -OCH3 is 2. The first-order valence-corrected chi connectivity index (χ1v) is 9.26. The van der Waals surface area contributed by atoms with Crippen LogP contribution >= 0.6 is 11.8 Å². The minimum atomic E-state index is -0.676. The molecule has 1 heterocycles. The fourth-order valence-electron chi connectivity index (χ4n) is 2.63. The van der Waals surface area contributed by atoms with Gasteiger partial charge in [-0.25, -0.2) is 4.39 Å². The smallest absolute Gasteiger partial charge is 0.294 e. The molecule has 1 N–H and O–H groups in total. The SMILES string of the molecule is COc1ccc(/C=C2/SC(=O)N(CC(=O)Nc3ccccc3F)C2=O)cc1OC. The molecule has 3 rings (SSSR count). The first-order chi connectivity index (χ1) is 13.9. The Bertz CT molecular complexity index is 1010. The molecule has 0 aliphatic carbocycles. The van der Waals surface area contributed by atoms with Gasteiger partial charge < -0.3 is 14.8 Å². The van der Waals surface area contributed by atoms with E-state index in [0.717, 1.165) is 16.7 Å². The molecule has 0 saturated carbocycles. The van der Waals surface area contributed by atoms with Crippen LogP contribution in [0.2, 0.25) is 0 Å². The van der Waals surface area contributed by atoms with E-state index in [1.54, 1.807) is 24.3 Å². The minimum absolute atomic E-state index is 0.0228. The molecule has 2 aromatic rings. The van der Waals surface area contributed by atoms with Gasteiger partial charge in [-0.1, -0.05) is 18.2 Å². The van der Waals surface area contributed by atoms with Crippen molar-refractivity contribution in [1.82, 2.24) is 4.90 Å². The van der Waals surface area contributed by atoms with E-state index in [2.05, 4.69) is 5.32 Å². The van der Waals surface area contributed by atoms with Gasteiger partial charge in [-0.3, -0.25) is 19.3 Å². The van der Waals surface area contributed by atoms with E-state index in [1.165, 1.54) is 38.5 Å². The number of para-hydroxylation sites is 1. The van der Waals surface area contributed by atoms with Crippen molar-refractivity contribution in [2.24, 2.45) is 0 Å². The molecule has 1 saturated heterocycles. The fraction of sp³-hybridized carbons (Fsp3) is 0.150. The summed E-state index contributed by atoms with van der Waals surface area (Å²) in [6.07, 6.45) is 1.53. The summed E-state index contributed by atoms with van der Waals surface area (Å²) >= 11 is 0.724. The van der Waals surface area contributed by atoms with Gasteiger partial charge in [-0.15, -0.1) is 0 Å². The number of imide groups is 1. The van der Waals surface area contributed by atoms with Crippen LogP contribution in [0.25, 0.3) is 6.08 Å². The number of anilines is 1. The van der Waals surface area contributed by atoms with Gasteiger partial charge in [0, 0.05) is 0 Å². The maximum atomic E-state index is 13.6. The summed E-state index contributed by atoms with van der Waals surface area (Å²) in [5.74, 6) is -0.876. The number of ether oxygens (including phenoxy) is 2. The van der Waals surface area contributed by atoms with Crippen molar-refractivity contribution in [3.05, 3.63) is 58.8 Å². The summed E-state index contributed by atoms with van der Waals surface area (Å²) in [5, 5.41) is 1.77. The second-order valence-corrected chi connectivity index (χ2v) is 6.90. The number of benzene rings is 2. The van der Waals surface area contributed by atoms with Crippen molar-refractivity contribution in [1.29, 1.82) is 0 Å². The van der Waals surface area contributed by atoms with E-state index < -0.39 is 29.4 Å². The zero-order valence-electron chi connectivity index (χ0n) is 15.6. The number of halogens is 1. The molecule has 7 nitrogen and oxygen atoms in total. The molecule has 9 heteroatoms. The summed E-state index contributed by atoms with van der Waals surface area (Å²) in [4.78, 5) is 37.9. The van der Waals surface area contributed by atoms with E-state index in [9.17, 15) is 18.8 Å². The van der Waals surface area contributed by atoms with Crippen LogP contribution in [0.5, 0.6) is 11.5 Å². The molecule has 1 fully saturated rings. The topological polar surface area (TPSA) is 84.9 Å². The second-order valence-electron chi connectivity index (χ2n) is 5.91. The molecule has 1 aliphatic heterocycles. The third-order valence-corrected chi connectivity index (χ3v) is 4.94. The highest BCUT2D eigenvalue weighted by Crippen LogP contribution is 2.34. The van der Waals surface area contributed by atoms with Crippen molar-refractivity contribution in [2.45, 2.75) is 0 Å². The first-order valence-electron chi connectivity index (χ1n) is 8.44. The van der Waals surface area contributed by atoms with Crippen LogP contribution < -0.4 is 14.8 Å². The van der Waals surface area contributed by atoms with Gasteiger partial charge >= 0.3 is 0 Å². The van der Waals surface area contributed by atoms with Crippen molar-refractivity contribution < 1.29 is 28.2 Å². The molecule has 150 valence electrons. The second kappa shape index (κ2) is 8.78.